The third kappa shape index (κ3) is 8.20. The Morgan fingerprint density at radius 2 is 1.89 bits per heavy atom. The Morgan fingerprint density at radius 1 is 1.26 bits per heavy atom. The van der Waals surface area contributed by atoms with Gasteiger partial charge in [-0.3, -0.25) is 9.59 Å². The van der Waals surface area contributed by atoms with Crippen molar-refractivity contribution in [2.75, 3.05) is 13.2 Å². The van der Waals surface area contributed by atoms with Gasteiger partial charge < -0.3 is 14.8 Å². The summed E-state index contributed by atoms with van der Waals surface area (Å²) in [6, 6.07) is 0. The molecule has 1 atom stereocenters. The minimum Gasteiger partial charge on any atom is -0.466 e. The van der Waals surface area contributed by atoms with Gasteiger partial charge in [-0.25, -0.2) is 0 Å². The van der Waals surface area contributed by atoms with Gasteiger partial charge in [-0.15, -0.1) is 0 Å². The summed E-state index contributed by atoms with van der Waals surface area (Å²) < 4.78 is 45.4. The molecule has 5 nitrogen and oxygen atoms in total. The van der Waals surface area contributed by atoms with Crippen LogP contribution in [0.5, 0.6) is 0 Å². The number of carbonyl (C=O) groups is 2. The summed E-state index contributed by atoms with van der Waals surface area (Å²) in [5, 5.41) is 2.39. The number of allylic oxidation sites excluding steroid dienone is 1. The van der Waals surface area contributed by atoms with Gasteiger partial charge in [-0.2, -0.15) is 13.2 Å². The molecule has 0 spiro atoms. The summed E-state index contributed by atoms with van der Waals surface area (Å²) in [6.45, 7) is 3.73. The summed E-state index contributed by atoms with van der Waals surface area (Å²) >= 11 is 0. The zero-order valence-electron chi connectivity index (χ0n) is 10.6. The Hall–Kier alpha value is -1.57. The maximum absolute atomic E-state index is 11.9. The van der Waals surface area contributed by atoms with Gasteiger partial charge in [-0.1, -0.05) is 0 Å². The Kier molecular flexibility index (Phi) is 7.81. The zero-order chi connectivity index (χ0) is 14.9. The van der Waals surface area contributed by atoms with Gasteiger partial charge in [0.1, 0.15) is 6.23 Å². The lowest BCUT2D eigenvalue weighted by Gasteiger charge is -2.16. The summed E-state index contributed by atoms with van der Waals surface area (Å²) in [5.74, 6) is -2.55. The van der Waals surface area contributed by atoms with Crippen LogP contribution in [0.3, 0.4) is 0 Å². The van der Waals surface area contributed by atoms with Gasteiger partial charge in [0.25, 0.3) is 5.78 Å². The highest BCUT2D eigenvalue weighted by Gasteiger charge is 2.36. The molecule has 19 heavy (non-hydrogen) atoms. The smallest absolute Gasteiger partial charge is 0.454 e. The van der Waals surface area contributed by atoms with E-state index in [2.05, 4.69) is 10.1 Å². The molecule has 1 unspecified atom stereocenters. The fourth-order valence-electron chi connectivity index (χ4n) is 1.06. The topological polar surface area (TPSA) is 64.6 Å². The first kappa shape index (κ1) is 17.4. The number of esters is 1. The summed E-state index contributed by atoms with van der Waals surface area (Å²) in [4.78, 5) is 21.7. The molecule has 0 amide bonds. The maximum Gasteiger partial charge on any atom is 0.454 e. The van der Waals surface area contributed by atoms with E-state index in [-0.39, 0.29) is 19.6 Å². The molecule has 0 saturated carbocycles. The minimum atomic E-state index is -4.92. The summed E-state index contributed by atoms with van der Waals surface area (Å²) in [7, 11) is 0. The third-order valence-corrected chi connectivity index (χ3v) is 1.82. The predicted octanol–water partition coefficient (Wildman–Crippen LogP) is 1.54. The second-order valence-corrected chi connectivity index (χ2v) is 3.32. The molecule has 110 valence electrons. The molecular weight excluding hydrogens is 267 g/mol. The first-order valence-electron chi connectivity index (χ1n) is 5.62. The molecule has 0 aromatic rings. The average Bonchev–Trinajstić information content (AvgIpc) is 2.28. The highest BCUT2D eigenvalue weighted by Crippen LogP contribution is 2.16. The van der Waals surface area contributed by atoms with E-state index in [1.807, 2.05) is 0 Å². The van der Waals surface area contributed by atoms with Gasteiger partial charge in [-0.05, 0) is 13.8 Å². The standard InChI is InChI=1S/C11H16F3NO4/c1-3-18-9(7-10(17)19-4-2)15-6-5-8(16)11(12,13)14/h5-6,9,15H,3-4,7H2,1-2H3. The molecule has 0 aromatic carbocycles. The van der Waals surface area contributed by atoms with Crippen molar-refractivity contribution < 1.29 is 32.2 Å². The maximum atomic E-state index is 11.9. The third-order valence-electron chi connectivity index (χ3n) is 1.82. The number of rotatable bonds is 8. The lowest BCUT2D eigenvalue weighted by Crippen LogP contribution is -2.31. The lowest BCUT2D eigenvalue weighted by molar-refractivity contribution is -0.165. The van der Waals surface area contributed by atoms with Gasteiger partial charge in [0.15, 0.2) is 0 Å². The van der Waals surface area contributed by atoms with E-state index in [0.29, 0.717) is 6.08 Å². The SMILES string of the molecule is CCOC(=O)CC(NC=CC(=O)C(F)(F)F)OCC. The summed E-state index contributed by atoms with van der Waals surface area (Å²) in [6.07, 6.45) is -4.81. The Morgan fingerprint density at radius 3 is 2.37 bits per heavy atom. The Labute approximate surface area is 108 Å². The van der Waals surface area contributed by atoms with E-state index < -0.39 is 24.2 Å². The number of hydrogen-bond donors (Lipinski definition) is 1. The van der Waals surface area contributed by atoms with Crippen LogP contribution in [0.25, 0.3) is 0 Å². The van der Waals surface area contributed by atoms with Gasteiger partial charge >= 0.3 is 12.1 Å². The molecule has 0 bridgehead atoms. The molecule has 0 rings (SSSR count). The van der Waals surface area contributed by atoms with Crippen LogP contribution in [0, 0.1) is 0 Å². The van der Waals surface area contributed by atoms with Gasteiger partial charge in [0, 0.05) is 18.9 Å². The number of nitrogens with one attached hydrogen (secondary N) is 1. The molecule has 0 aliphatic rings. The van der Waals surface area contributed by atoms with Crippen LogP contribution in [0.1, 0.15) is 20.3 Å². The second kappa shape index (κ2) is 8.52. The quantitative estimate of drug-likeness (QED) is 0.416. The van der Waals surface area contributed by atoms with E-state index in [0.717, 1.165) is 6.20 Å². The normalized spacial score (nSPS) is 13.3. The Bertz CT molecular complexity index is 328. The van der Waals surface area contributed by atoms with Crippen LogP contribution in [-0.4, -0.2) is 37.4 Å². The first-order valence-corrected chi connectivity index (χ1v) is 5.62. The molecular formula is C11H16F3NO4. The number of alkyl halides is 3. The number of hydrogen-bond acceptors (Lipinski definition) is 5. The molecule has 1 N–H and O–H groups in total. The number of carbonyl (C=O) groups excluding carboxylic acids is 2. The van der Waals surface area contributed by atoms with Crippen molar-refractivity contribution in [1.82, 2.24) is 5.32 Å². The number of halogens is 3. The van der Waals surface area contributed by atoms with Crippen molar-refractivity contribution in [3.63, 3.8) is 0 Å². The van der Waals surface area contributed by atoms with E-state index in [1.165, 1.54) is 0 Å². The Balaban J connectivity index is 4.32. The molecule has 0 aliphatic heterocycles. The van der Waals surface area contributed by atoms with Gasteiger partial charge in [0.05, 0.1) is 13.0 Å². The van der Waals surface area contributed by atoms with Crippen molar-refractivity contribution in [1.29, 1.82) is 0 Å². The lowest BCUT2D eigenvalue weighted by atomic mass is 10.3. The van der Waals surface area contributed by atoms with Crippen molar-refractivity contribution in [2.24, 2.45) is 0 Å². The second-order valence-electron chi connectivity index (χ2n) is 3.32. The van der Waals surface area contributed by atoms with Crippen molar-refractivity contribution in [3.8, 4) is 0 Å². The first-order chi connectivity index (χ1) is 8.81. The molecule has 0 radical (unpaired) electrons. The zero-order valence-corrected chi connectivity index (χ0v) is 10.6. The predicted molar refractivity (Wildman–Crippen MR) is 60.0 cm³/mol. The molecule has 8 heteroatoms. The summed E-state index contributed by atoms with van der Waals surface area (Å²) in [5.41, 5.74) is 0. The van der Waals surface area contributed by atoms with Crippen LogP contribution in [-0.2, 0) is 19.1 Å². The number of ketones is 1. The average molecular weight is 283 g/mol. The highest BCUT2D eigenvalue weighted by atomic mass is 19.4. The minimum absolute atomic E-state index is 0.174. The van der Waals surface area contributed by atoms with Crippen LogP contribution in [0.4, 0.5) is 13.2 Å². The van der Waals surface area contributed by atoms with E-state index in [9.17, 15) is 22.8 Å². The van der Waals surface area contributed by atoms with Crippen molar-refractivity contribution in [2.45, 2.75) is 32.7 Å². The van der Waals surface area contributed by atoms with Crippen LogP contribution >= 0.6 is 0 Å². The molecule has 0 saturated heterocycles. The fourth-order valence-corrected chi connectivity index (χ4v) is 1.06. The highest BCUT2D eigenvalue weighted by molar-refractivity contribution is 5.94. The van der Waals surface area contributed by atoms with Crippen LogP contribution in [0.15, 0.2) is 12.3 Å². The molecule has 0 aromatic heterocycles. The van der Waals surface area contributed by atoms with Crippen molar-refractivity contribution in [3.05, 3.63) is 12.3 Å². The van der Waals surface area contributed by atoms with Crippen LogP contribution in [0.2, 0.25) is 0 Å². The van der Waals surface area contributed by atoms with Crippen LogP contribution < -0.4 is 5.32 Å². The molecule has 0 fully saturated rings. The molecule has 0 aliphatic carbocycles. The number of ether oxygens (including phenoxy) is 2. The van der Waals surface area contributed by atoms with E-state index >= 15 is 0 Å². The fraction of sp³-hybridized carbons (Fsp3) is 0.636. The molecule has 0 heterocycles. The monoisotopic (exact) mass is 283 g/mol. The largest absolute Gasteiger partial charge is 0.466 e. The van der Waals surface area contributed by atoms with E-state index in [4.69, 9.17) is 4.74 Å². The van der Waals surface area contributed by atoms with Gasteiger partial charge in [0.2, 0.25) is 0 Å². The van der Waals surface area contributed by atoms with Crippen molar-refractivity contribution >= 4 is 11.8 Å². The van der Waals surface area contributed by atoms with E-state index in [1.54, 1.807) is 13.8 Å².